The number of halogens is 1. The molecule has 0 spiro atoms. The number of phenols is 1. The van der Waals surface area contributed by atoms with E-state index in [9.17, 15) is 9.90 Å². The lowest BCUT2D eigenvalue weighted by molar-refractivity contribution is -0.146. The first-order chi connectivity index (χ1) is 10.1. The molecule has 21 heavy (non-hydrogen) atoms. The third kappa shape index (κ3) is 2.38. The van der Waals surface area contributed by atoms with E-state index in [1.54, 1.807) is 18.2 Å². The number of rotatable bonds is 2. The Morgan fingerprint density at radius 2 is 2.24 bits per heavy atom. The molecule has 1 atom stereocenters. The van der Waals surface area contributed by atoms with Crippen LogP contribution < -0.4 is 0 Å². The Labute approximate surface area is 127 Å². The molecule has 0 saturated carbocycles. The van der Waals surface area contributed by atoms with E-state index in [0.717, 1.165) is 5.69 Å². The van der Waals surface area contributed by atoms with Crippen LogP contribution in [-0.4, -0.2) is 27.7 Å². The largest absolute Gasteiger partial charge is 0.507 e. The van der Waals surface area contributed by atoms with Crippen LogP contribution in [0.5, 0.6) is 5.75 Å². The van der Waals surface area contributed by atoms with Gasteiger partial charge in [0.1, 0.15) is 11.6 Å². The van der Waals surface area contributed by atoms with Crippen molar-refractivity contribution in [2.45, 2.75) is 19.4 Å². The Kier molecular flexibility index (Phi) is 3.59. The van der Waals surface area contributed by atoms with E-state index in [-0.39, 0.29) is 17.6 Å². The number of hydrogen-bond donors (Lipinski definition) is 1. The summed E-state index contributed by atoms with van der Waals surface area (Å²) in [6.07, 6.45) is 1.18. The van der Waals surface area contributed by atoms with Gasteiger partial charge in [-0.1, -0.05) is 23.7 Å². The molecule has 1 aliphatic rings. The summed E-state index contributed by atoms with van der Waals surface area (Å²) in [5.74, 6) is 0.394. The van der Waals surface area contributed by atoms with Crippen molar-refractivity contribution in [3.05, 3.63) is 35.1 Å². The minimum Gasteiger partial charge on any atom is -0.507 e. The van der Waals surface area contributed by atoms with Gasteiger partial charge in [0.15, 0.2) is 5.15 Å². The number of nitrogens with zero attached hydrogens (tertiary/aromatic N) is 2. The topological polar surface area (TPSA) is 64.3 Å². The van der Waals surface area contributed by atoms with Gasteiger partial charge in [0, 0.05) is 13.0 Å². The molecule has 1 N–H and O–H groups in total. The van der Waals surface area contributed by atoms with E-state index in [4.69, 9.17) is 16.3 Å². The van der Waals surface area contributed by atoms with Gasteiger partial charge in [0.05, 0.1) is 24.3 Å². The molecule has 110 valence electrons. The molecule has 1 aromatic heterocycles. The van der Waals surface area contributed by atoms with Crippen molar-refractivity contribution in [3.8, 4) is 17.1 Å². The first-order valence-corrected chi connectivity index (χ1v) is 7.10. The van der Waals surface area contributed by atoms with Crippen LogP contribution in [0.3, 0.4) is 0 Å². The van der Waals surface area contributed by atoms with Gasteiger partial charge in [-0.25, -0.2) is 4.98 Å². The van der Waals surface area contributed by atoms with E-state index in [0.29, 0.717) is 35.9 Å². The molecule has 0 aliphatic carbocycles. The number of methoxy groups -OCH3 is 1. The fourth-order valence-electron chi connectivity index (χ4n) is 2.75. The predicted octanol–water partition coefficient (Wildman–Crippen LogP) is 2.64. The van der Waals surface area contributed by atoms with Crippen LogP contribution in [-0.2, 0) is 22.5 Å². The number of carbonyl (C=O) groups excluding carboxylic acids is 1. The lowest BCUT2D eigenvalue weighted by Gasteiger charge is -2.23. The number of imidazole rings is 1. The number of fused-ring (bicyclic) bond motifs is 1. The van der Waals surface area contributed by atoms with Gasteiger partial charge in [-0.2, -0.15) is 0 Å². The normalized spacial score (nSPS) is 17.3. The molecule has 0 bridgehead atoms. The fraction of sp³-hybridized carbons (Fsp3) is 0.333. The third-order valence-electron chi connectivity index (χ3n) is 3.84. The molecule has 1 unspecified atom stereocenters. The van der Waals surface area contributed by atoms with Crippen molar-refractivity contribution >= 4 is 17.6 Å². The number of esters is 1. The zero-order chi connectivity index (χ0) is 15.0. The standard InChI is InChI=1S/C15H15ClN2O3/c1-21-15(20)9-6-7-18-11(8-9)13(16)17-14(18)10-4-2-3-5-12(10)19/h2-5,9,19H,6-8H2,1H3. The number of benzene rings is 1. The second kappa shape index (κ2) is 5.41. The summed E-state index contributed by atoms with van der Waals surface area (Å²) in [6, 6.07) is 7.01. The van der Waals surface area contributed by atoms with Gasteiger partial charge >= 0.3 is 5.97 Å². The highest BCUT2D eigenvalue weighted by atomic mass is 35.5. The summed E-state index contributed by atoms with van der Waals surface area (Å²) in [4.78, 5) is 16.0. The van der Waals surface area contributed by atoms with Crippen LogP contribution in [0.25, 0.3) is 11.4 Å². The van der Waals surface area contributed by atoms with Gasteiger partial charge in [0.25, 0.3) is 0 Å². The van der Waals surface area contributed by atoms with E-state index < -0.39 is 0 Å². The van der Waals surface area contributed by atoms with Gasteiger partial charge in [-0.15, -0.1) is 0 Å². The average molecular weight is 307 g/mol. The SMILES string of the molecule is COC(=O)C1CCn2c(-c3ccccc3O)nc(Cl)c2C1. The second-order valence-electron chi connectivity index (χ2n) is 5.05. The van der Waals surface area contributed by atoms with Crippen molar-refractivity contribution < 1.29 is 14.6 Å². The number of hydrogen-bond acceptors (Lipinski definition) is 4. The molecule has 2 heterocycles. The Morgan fingerprint density at radius 3 is 2.95 bits per heavy atom. The van der Waals surface area contributed by atoms with Crippen molar-refractivity contribution in [2.24, 2.45) is 5.92 Å². The van der Waals surface area contributed by atoms with Gasteiger partial charge in [-0.05, 0) is 18.6 Å². The Morgan fingerprint density at radius 1 is 1.48 bits per heavy atom. The van der Waals surface area contributed by atoms with Crippen molar-refractivity contribution in [3.63, 3.8) is 0 Å². The molecule has 5 nitrogen and oxygen atoms in total. The Hall–Kier alpha value is -2.01. The minimum absolute atomic E-state index is 0.164. The molecule has 0 radical (unpaired) electrons. The first-order valence-electron chi connectivity index (χ1n) is 6.73. The lowest BCUT2D eigenvalue weighted by Crippen LogP contribution is -2.26. The molecule has 1 aromatic carbocycles. The van der Waals surface area contributed by atoms with Gasteiger partial charge < -0.3 is 14.4 Å². The van der Waals surface area contributed by atoms with Crippen molar-refractivity contribution in [1.82, 2.24) is 9.55 Å². The number of carbonyl (C=O) groups is 1. The Bertz CT molecular complexity index is 696. The molecule has 0 amide bonds. The number of aromatic hydroxyl groups is 1. The summed E-state index contributed by atoms with van der Waals surface area (Å²) in [6.45, 7) is 0.623. The third-order valence-corrected chi connectivity index (χ3v) is 4.15. The van der Waals surface area contributed by atoms with Crippen LogP contribution in [0.4, 0.5) is 0 Å². The summed E-state index contributed by atoms with van der Waals surface area (Å²) in [7, 11) is 1.39. The molecular weight excluding hydrogens is 292 g/mol. The Balaban J connectivity index is 2.02. The zero-order valence-electron chi connectivity index (χ0n) is 11.5. The van der Waals surface area contributed by atoms with E-state index in [2.05, 4.69) is 4.98 Å². The fourth-order valence-corrected chi connectivity index (χ4v) is 3.01. The van der Waals surface area contributed by atoms with Crippen LogP contribution in [0.2, 0.25) is 5.15 Å². The van der Waals surface area contributed by atoms with Crippen LogP contribution in [0.1, 0.15) is 12.1 Å². The molecular formula is C15H15ClN2O3. The van der Waals surface area contributed by atoms with Crippen LogP contribution in [0, 0.1) is 5.92 Å². The second-order valence-corrected chi connectivity index (χ2v) is 5.41. The quantitative estimate of drug-likeness (QED) is 0.866. The van der Waals surface area contributed by atoms with Crippen LogP contribution >= 0.6 is 11.6 Å². The maximum atomic E-state index is 11.7. The summed E-state index contributed by atoms with van der Waals surface area (Å²) < 4.78 is 6.77. The number of para-hydroxylation sites is 1. The number of ether oxygens (including phenoxy) is 1. The summed E-state index contributed by atoms with van der Waals surface area (Å²) in [5, 5.41) is 10.4. The van der Waals surface area contributed by atoms with Crippen LogP contribution in [0.15, 0.2) is 24.3 Å². The van der Waals surface area contributed by atoms with Crippen molar-refractivity contribution in [2.75, 3.05) is 7.11 Å². The lowest BCUT2D eigenvalue weighted by atomic mass is 9.96. The van der Waals surface area contributed by atoms with Crippen molar-refractivity contribution in [1.29, 1.82) is 0 Å². The molecule has 1 aliphatic heterocycles. The molecule has 2 aromatic rings. The van der Waals surface area contributed by atoms with E-state index >= 15 is 0 Å². The molecule has 6 heteroatoms. The average Bonchev–Trinajstić information content (AvgIpc) is 2.83. The number of phenolic OH excluding ortho intramolecular Hbond substituents is 1. The monoisotopic (exact) mass is 306 g/mol. The van der Waals surface area contributed by atoms with E-state index in [1.165, 1.54) is 7.11 Å². The van der Waals surface area contributed by atoms with Gasteiger partial charge in [0.2, 0.25) is 0 Å². The predicted molar refractivity (Wildman–Crippen MR) is 78.2 cm³/mol. The smallest absolute Gasteiger partial charge is 0.309 e. The molecule has 3 rings (SSSR count). The van der Waals surface area contributed by atoms with E-state index in [1.807, 2.05) is 10.6 Å². The zero-order valence-corrected chi connectivity index (χ0v) is 12.3. The highest BCUT2D eigenvalue weighted by molar-refractivity contribution is 6.30. The molecule has 0 fully saturated rings. The summed E-state index contributed by atoms with van der Waals surface area (Å²) in [5.41, 5.74) is 1.46. The first kappa shape index (κ1) is 13.9. The maximum Gasteiger partial charge on any atom is 0.309 e. The maximum absolute atomic E-state index is 11.7. The van der Waals surface area contributed by atoms with Gasteiger partial charge in [-0.3, -0.25) is 4.79 Å². The summed E-state index contributed by atoms with van der Waals surface area (Å²) >= 11 is 6.21. The highest BCUT2D eigenvalue weighted by Gasteiger charge is 2.30. The molecule has 0 saturated heterocycles. The minimum atomic E-state index is -0.220. The highest BCUT2D eigenvalue weighted by Crippen LogP contribution is 2.35. The number of aromatic nitrogens is 2.